The predicted molar refractivity (Wildman–Crippen MR) is 70.5 cm³/mol. The number of nitrogens with one attached hydrogen (secondary N) is 1. The van der Waals surface area contributed by atoms with Crippen molar-refractivity contribution in [3.8, 4) is 11.5 Å². The number of hydrogen-bond acceptors (Lipinski definition) is 5. The molecule has 0 bridgehead atoms. The molecule has 1 aliphatic rings. The van der Waals surface area contributed by atoms with Gasteiger partial charge < -0.3 is 19.5 Å². The molecule has 0 radical (unpaired) electrons. The van der Waals surface area contributed by atoms with Gasteiger partial charge in [-0.25, -0.2) is 0 Å². The first kappa shape index (κ1) is 13.7. The minimum absolute atomic E-state index is 0.206. The number of carbonyl (C=O) groups is 1. The summed E-state index contributed by atoms with van der Waals surface area (Å²) in [6.45, 7) is 2.83. The second-order valence-electron chi connectivity index (χ2n) is 4.37. The molecule has 5 nitrogen and oxygen atoms in total. The van der Waals surface area contributed by atoms with E-state index in [-0.39, 0.29) is 12.0 Å². The predicted octanol–water partition coefficient (Wildman–Crippen LogP) is 1.28. The fraction of sp³-hybridized carbons (Fsp3) is 0.500. The summed E-state index contributed by atoms with van der Waals surface area (Å²) >= 11 is 0. The number of carbonyl (C=O) groups excluding carboxylic acids is 1. The molecule has 0 amide bonds. The van der Waals surface area contributed by atoms with E-state index >= 15 is 0 Å². The highest BCUT2D eigenvalue weighted by Crippen LogP contribution is 2.32. The first-order valence-electron chi connectivity index (χ1n) is 6.33. The Kier molecular flexibility index (Phi) is 4.27. The van der Waals surface area contributed by atoms with Crippen LogP contribution >= 0.6 is 0 Å². The van der Waals surface area contributed by atoms with Crippen molar-refractivity contribution in [2.24, 2.45) is 0 Å². The van der Waals surface area contributed by atoms with Crippen LogP contribution in [-0.2, 0) is 22.5 Å². The summed E-state index contributed by atoms with van der Waals surface area (Å²) < 4.78 is 15.6. The molecular weight excluding hydrogens is 246 g/mol. The largest absolute Gasteiger partial charge is 0.493 e. The van der Waals surface area contributed by atoms with E-state index in [1.165, 1.54) is 0 Å². The third-order valence-electron chi connectivity index (χ3n) is 3.24. The maximum absolute atomic E-state index is 11.7. The standard InChI is InChI=1S/C14H19NO4/c1-4-19-14(16)11-5-9-6-12(17-2)13(18-3)7-10(9)8-15-11/h6-7,11,15H,4-5,8H2,1-3H3/t11-/m1/s1. The van der Waals surface area contributed by atoms with Gasteiger partial charge in [-0.1, -0.05) is 0 Å². The van der Waals surface area contributed by atoms with Crippen LogP contribution in [0, 0.1) is 0 Å². The van der Waals surface area contributed by atoms with E-state index in [0.29, 0.717) is 31.1 Å². The highest BCUT2D eigenvalue weighted by molar-refractivity contribution is 5.76. The molecule has 0 spiro atoms. The molecular formula is C14H19NO4. The quantitative estimate of drug-likeness (QED) is 0.831. The van der Waals surface area contributed by atoms with Gasteiger partial charge in [0.25, 0.3) is 0 Å². The van der Waals surface area contributed by atoms with E-state index in [9.17, 15) is 4.79 Å². The molecule has 104 valence electrons. The molecule has 1 aliphatic heterocycles. The maximum atomic E-state index is 11.7. The number of esters is 1. The molecule has 1 N–H and O–H groups in total. The zero-order valence-electron chi connectivity index (χ0n) is 11.5. The van der Waals surface area contributed by atoms with Gasteiger partial charge in [0, 0.05) is 6.54 Å². The Morgan fingerprint density at radius 3 is 2.47 bits per heavy atom. The van der Waals surface area contributed by atoms with Crippen molar-refractivity contribution < 1.29 is 19.0 Å². The summed E-state index contributed by atoms with van der Waals surface area (Å²) in [6, 6.07) is 3.59. The summed E-state index contributed by atoms with van der Waals surface area (Å²) in [7, 11) is 3.22. The minimum Gasteiger partial charge on any atom is -0.493 e. The Morgan fingerprint density at radius 2 is 1.89 bits per heavy atom. The van der Waals surface area contributed by atoms with Gasteiger partial charge >= 0.3 is 5.97 Å². The van der Waals surface area contributed by atoms with Crippen LogP contribution in [-0.4, -0.2) is 32.8 Å². The van der Waals surface area contributed by atoms with Crippen molar-refractivity contribution >= 4 is 5.97 Å². The smallest absolute Gasteiger partial charge is 0.323 e. The Hall–Kier alpha value is -1.75. The third-order valence-corrected chi connectivity index (χ3v) is 3.24. The fourth-order valence-corrected chi connectivity index (χ4v) is 2.25. The van der Waals surface area contributed by atoms with Crippen LogP contribution in [0.5, 0.6) is 11.5 Å². The zero-order chi connectivity index (χ0) is 13.8. The van der Waals surface area contributed by atoms with Crippen molar-refractivity contribution in [2.75, 3.05) is 20.8 Å². The Labute approximate surface area is 112 Å². The maximum Gasteiger partial charge on any atom is 0.323 e. The van der Waals surface area contributed by atoms with Gasteiger partial charge in [0.15, 0.2) is 11.5 Å². The van der Waals surface area contributed by atoms with Crippen molar-refractivity contribution in [3.63, 3.8) is 0 Å². The molecule has 0 saturated carbocycles. The van der Waals surface area contributed by atoms with Gasteiger partial charge in [0.2, 0.25) is 0 Å². The van der Waals surface area contributed by atoms with Crippen molar-refractivity contribution in [3.05, 3.63) is 23.3 Å². The topological polar surface area (TPSA) is 56.8 Å². The molecule has 0 saturated heterocycles. The van der Waals surface area contributed by atoms with Crippen molar-refractivity contribution in [1.29, 1.82) is 0 Å². The Bertz CT molecular complexity index is 473. The van der Waals surface area contributed by atoms with Crippen LogP contribution < -0.4 is 14.8 Å². The molecule has 1 aromatic rings. The average Bonchev–Trinajstić information content (AvgIpc) is 2.45. The lowest BCUT2D eigenvalue weighted by atomic mass is 9.95. The third kappa shape index (κ3) is 2.81. The van der Waals surface area contributed by atoms with Gasteiger partial charge in [0.05, 0.1) is 20.8 Å². The first-order valence-corrected chi connectivity index (χ1v) is 6.33. The highest BCUT2D eigenvalue weighted by Gasteiger charge is 2.26. The molecule has 0 unspecified atom stereocenters. The van der Waals surface area contributed by atoms with Crippen LogP contribution in [0.25, 0.3) is 0 Å². The van der Waals surface area contributed by atoms with Gasteiger partial charge in [-0.05, 0) is 36.6 Å². The molecule has 5 heteroatoms. The summed E-state index contributed by atoms with van der Waals surface area (Å²) in [5.74, 6) is 1.19. The number of rotatable bonds is 4. The summed E-state index contributed by atoms with van der Waals surface area (Å²) in [6.07, 6.45) is 0.606. The zero-order valence-corrected chi connectivity index (χ0v) is 11.5. The number of benzene rings is 1. The van der Waals surface area contributed by atoms with Crippen molar-refractivity contribution in [2.45, 2.75) is 25.9 Å². The molecule has 0 fully saturated rings. The second-order valence-corrected chi connectivity index (χ2v) is 4.37. The number of ether oxygens (including phenoxy) is 3. The lowest BCUT2D eigenvalue weighted by Gasteiger charge is -2.25. The molecule has 1 heterocycles. The lowest BCUT2D eigenvalue weighted by molar-refractivity contribution is -0.145. The Balaban J connectivity index is 2.22. The number of methoxy groups -OCH3 is 2. The molecule has 0 aromatic heterocycles. The van der Waals surface area contributed by atoms with E-state index in [2.05, 4.69) is 5.32 Å². The summed E-state index contributed by atoms with van der Waals surface area (Å²) in [4.78, 5) is 11.7. The van der Waals surface area contributed by atoms with E-state index in [1.807, 2.05) is 19.1 Å². The summed E-state index contributed by atoms with van der Waals surface area (Å²) in [5.41, 5.74) is 2.22. The lowest BCUT2D eigenvalue weighted by Crippen LogP contribution is -2.42. The molecule has 1 atom stereocenters. The van der Waals surface area contributed by atoms with Crippen LogP contribution in [0.4, 0.5) is 0 Å². The van der Waals surface area contributed by atoms with Gasteiger partial charge in [-0.3, -0.25) is 4.79 Å². The first-order chi connectivity index (χ1) is 9.19. The van der Waals surface area contributed by atoms with Crippen LogP contribution in [0.1, 0.15) is 18.1 Å². The highest BCUT2D eigenvalue weighted by atomic mass is 16.5. The number of fused-ring (bicyclic) bond motifs is 1. The van der Waals surface area contributed by atoms with E-state index in [1.54, 1.807) is 14.2 Å². The van der Waals surface area contributed by atoms with Crippen molar-refractivity contribution in [1.82, 2.24) is 5.32 Å². The molecule has 1 aromatic carbocycles. The monoisotopic (exact) mass is 265 g/mol. The molecule has 2 rings (SSSR count). The molecule has 19 heavy (non-hydrogen) atoms. The van der Waals surface area contributed by atoms with Gasteiger partial charge in [-0.15, -0.1) is 0 Å². The summed E-state index contributed by atoms with van der Waals surface area (Å²) in [5, 5.41) is 3.18. The van der Waals surface area contributed by atoms with Gasteiger partial charge in [-0.2, -0.15) is 0 Å². The van der Waals surface area contributed by atoms with Gasteiger partial charge in [0.1, 0.15) is 6.04 Å². The van der Waals surface area contributed by atoms with E-state index in [4.69, 9.17) is 14.2 Å². The van der Waals surface area contributed by atoms with E-state index < -0.39 is 0 Å². The minimum atomic E-state index is -0.287. The molecule has 0 aliphatic carbocycles. The second kappa shape index (κ2) is 5.93. The van der Waals surface area contributed by atoms with E-state index in [0.717, 1.165) is 11.1 Å². The number of hydrogen-bond donors (Lipinski definition) is 1. The van der Waals surface area contributed by atoms with Crippen LogP contribution in [0.2, 0.25) is 0 Å². The van der Waals surface area contributed by atoms with Crippen LogP contribution in [0.3, 0.4) is 0 Å². The fourth-order valence-electron chi connectivity index (χ4n) is 2.25. The SMILES string of the molecule is CCOC(=O)[C@H]1Cc2cc(OC)c(OC)cc2CN1. The normalized spacial score (nSPS) is 17.5. The van der Waals surface area contributed by atoms with Crippen LogP contribution in [0.15, 0.2) is 12.1 Å². The Morgan fingerprint density at radius 1 is 1.26 bits per heavy atom. The average molecular weight is 265 g/mol.